The second-order valence-electron chi connectivity index (χ2n) is 11.6. The predicted molar refractivity (Wildman–Crippen MR) is 150 cm³/mol. The molecular formula is C33H43NO5. The topological polar surface area (TPSA) is 65.1 Å². The lowest BCUT2D eigenvalue weighted by molar-refractivity contribution is -0.155. The Kier molecular flexibility index (Phi) is 8.79. The van der Waals surface area contributed by atoms with Crippen LogP contribution in [0.4, 0.5) is 4.79 Å². The quantitative estimate of drug-likeness (QED) is 0.239. The van der Waals surface area contributed by atoms with E-state index < -0.39 is 0 Å². The molecule has 1 saturated heterocycles. The van der Waals surface area contributed by atoms with Gasteiger partial charge in [0.15, 0.2) is 0 Å². The third-order valence-electron chi connectivity index (χ3n) is 9.28. The number of benzene rings is 2. The van der Waals surface area contributed by atoms with Crippen LogP contribution < -0.4 is 4.74 Å². The number of hydrogen-bond acceptors (Lipinski definition) is 5. The van der Waals surface area contributed by atoms with Gasteiger partial charge in [-0.25, -0.2) is 4.79 Å². The number of hydrogen-bond donors (Lipinski definition) is 0. The van der Waals surface area contributed by atoms with Crippen LogP contribution in [0.2, 0.25) is 0 Å². The fourth-order valence-electron chi connectivity index (χ4n) is 7.45. The minimum absolute atomic E-state index is 0.0458. The normalized spacial score (nSPS) is 23.5. The van der Waals surface area contributed by atoms with Gasteiger partial charge in [-0.05, 0) is 73.3 Å². The van der Waals surface area contributed by atoms with E-state index in [2.05, 4.69) is 26.0 Å². The van der Waals surface area contributed by atoms with Crippen molar-refractivity contribution in [2.75, 3.05) is 13.3 Å². The van der Waals surface area contributed by atoms with Crippen molar-refractivity contribution in [3.63, 3.8) is 0 Å². The molecule has 2 aromatic rings. The van der Waals surface area contributed by atoms with Crippen LogP contribution >= 0.6 is 0 Å². The summed E-state index contributed by atoms with van der Waals surface area (Å²) in [6.45, 7) is 5.16. The summed E-state index contributed by atoms with van der Waals surface area (Å²) in [6, 6.07) is 16.4. The molecule has 0 aromatic heterocycles. The van der Waals surface area contributed by atoms with Gasteiger partial charge in [-0.15, -0.1) is 0 Å². The highest BCUT2D eigenvalue weighted by Crippen LogP contribution is 2.56. The van der Waals surface area contributed by atoms with E-state index in [0.717, 1.165) is 62.7 Å². The minimum Gasteiger partial charge on any atom is -0.457 e. The molecule has 3 aliphatic rings. The monoisotopic (exact) mass is 533 g/mol. The van der Waals surface area contributed by atoms with Gasteiger partial charge in [-0.2, -0.15) is 0 Å². The zero-order valence-electron chi connectivity index (χ0n) is 23.5. The van der Waals surface area contributed by atoms with E-state index in [9.17, 15) is 9.59 Å². The zero-order chi connectivity index (χ0) is 27.2. The largest absolute Gasteiger partial charge is 0.457 e. The van der Waals surface area contributed by atoms with Gasteiger partial charge in [0, 0.05) is 18.0 Å². The highest BCUT2D eigenvalue weighted by Gasteiger charge is 2.55. The Morgan fingerprint density at radius 2 is 1.79 bits per heavy atom. The maximum absolute atomic E-state index is 13.3. The Balaban J connectivity index is 1.28. The summed E-state index contributed by atoms with van der Waals surface area (Å²) in [7, 11) is 0. The second kappa shape index (κ2) is 12.4. The molecule has 1 heterocycles. The van der Waals surface area contributed by atoms with Crippen LogP contribution in [0.5, 0.6) is 5.75 Å². The Morgan fingerprint density at radius 3 is 2.56 bits per heavy atom. The molecule has 0 unspecified atom stereocenters. The Bertz CT molecular complexity index is 1130. The number of rotatable bonds is 10. The van der Waals surface area contributed by atoms with E-state index in [4.69, 9.17) is 14.2 Å². The van der Waals surface area contributed by atoms with Gasteiger partial charge < -0.3 is 19.1 Å². The molecule has 0 spiro atoms. The molecule has 2 bridgehead atoms. The first-order valence-electron chi connectivity index (χ1n) is 15.0. The van der Waals surface area contributed by atoms with E-state index >= 15 is 0 Å². The molecule has 6 nitrogen and oxygen atoms in total. The van der Waals surface area contributed by atoms with Crippen LogP contribution in [0, 0.1) is 11.8 Å². The molecule has 1 aliphatic heterocycles. The van der Waals surface area contributed by atoms with Gasteiger partial charge in [-0.1, -0.05) is 75.9 Å². The van der Waals surface area contributed by atoms with Crippen molar-refractivity contribution in [3.05, 3.63) is 65.2 Å². The van der Waals surface area contributed by atoms with Crippen LogP contribution in [0.15, 0.2) is 48.5 Å². The predicted octanol–water partition coefficient (Wildman–Crippen LogP) is 7.18. The zero-order valence-corrected chi connectivity index (χ0v) is 23.5. The van der Waals surface area contributed by atoms with Crippen LogP contribution in [-0.2, 0) is 32.7 Å². The van der Waals surface area contributed by atoms with Crippen LogP contribution in [0.25, 0.3) is 0 Å². The number of piperidine rings is 1. The number of nitrogens with zero attached hydrogens (tertiary/aromatic N) is 1. The molecule has 5 rings (SSSR count). The average molecular weight is 534 g/mol. The first-order valence-corrected chi connectivity index (χ1v) is 15.0. The first kappa shape index (κ1) is 27.5. The molecule has 2 aromatic carbocycles. The summed E-state index contributed by atoms with van der Waals surface area (Å²) in [5, 5.41) is 0. The van der Waals surface area contributed by atoms with Crippen molar-refractivity contribution in [1.82, 2.24) is 4.90 Å². The maximum atomic E-state index is 13.3. The fraction of sp³-hybridized carbons (Fsp3) is 0.576. The SMILES string of the molecule is CCCC(CCC)C(=O)OCOc1ccc2c(c1)[C@@]13CCCC[C@H]1[C@@H](C2)N(C(=O)OCc1ccccc1)CC3. The van der Waals surface area contributed by atoms with E-state index in [0.29, 0.717) is 19.1 Å². The van der Waals surface area contributed by atoms with E-state index in [1.54, 1.807) is 0 Å². The smallest absolute Gasteiger partial charge is 0.410 e. The number of likely N-dealkylation sites (tertiary alicyclic amines) is 1. The van der Waals surface area contributed by atoms with Gasteiger partial charge in [0.1, 0.15) is 12.4 Å². The third kappa shape index (κ3) is 5.80. The number of fused-ring (bicyclic) bond motifs is 1. The van der Waals surface area contributed by atoms with Gasteiger partial charge in [0.25, 0.3) is 0 Å². The summed E-state index contributed by atoms with van der Waals surface area (Å²) in [6.07, 6.45) is 9.92. The molecule has 2 fully saturated rings. The lowest BCUT2D eigenvalue weighted by Gasteiger charge is -2.58. The summed E-state index contributed by atoms with van der Waals surface area (Å²) in [4.78, 5) is 27.8. The lowest BCUT2D eigenvalue weighted by Crippen LogP contribution is -2.62. The van der Waals surface area contributed by atoms with Crippen molar-refractivity contribution in [2.45, 2.75) is 96.1 Å². The Hall–Kier alpha value is -3.02. The van der Waals surface area contributed by atoms with Crippen LogP contribution in [0.1, 0.15) is 88.3 Å². The molecular weight excluding hydrogens is 490 g/mol. The van der Waals surface area contributed by atoms with Crippen molar-refractivity contribution in [3.8, 4) is 5.75 Å². The van der Waals surface area contributed by atoms with Gasteiger partial charge in [0.05, 0.1) is 5.92 Å². The second-order valence-corrected chi connectivity index (χ2v) is 11.6. The van der Waals surface area contributed by atoms with E-state index in [1.165, 1.54) is 24.0 Å². The molecule has 39 heavy (non-hydrogen) atoms. The van der Waals surface area contributed by atoms with Crippen molar-refractivity contribution in [1.29, 1.82) is 0 Å². The average Bonchev–Trinajstić information content (AvgIpc) is 2.96. The highest BCUT2D eigenvalue weighted by atomic mass is 16.7. The summed E-state index contributed by atoms with van der Waals surface area (Å²) in [5.41, 5.74) is 3.75. The number of carbonyl (C=O) groups excluding carboxylic acids is 2. The molecule has 2 aliphatic carbocycles. The van der Waals surface area contributed by atoms with Gasteiger partial charge in [0.2, 0.25) is 6.79 Å². The molecule has 210 valence electrons. The van der Waals surface area contributed by atoms with Crippen molar-refractivity contribution >= 4 is 12.1 Å². The van der Waals surface area contributed by atoms with E-state index in [-0.39, 0.29) is 36.2 Å². The molecule has 0 radical (unpaired) electrons. The minimum atomic E-state index is -0.197. The van der Waals surface area contributed by atoms with Crippen LogP contribution in [-0.4, -0.2) is 36.3 Å². The molecule has 0 N–H and O–H groups in total. The molecule has 3 atom stereocenters. The van der Waals surface area contributed by atoms with Gasteiger partial charge in [-0.3, -0.25) is 4.79 Å². The van der Waals surface area contributed by atoms with E-state index in [1.807, 2.05) is 41.3 Å². The molecule has 1 saturated carbocycles. The maximum Gasteiger partial charge on any atom is 0.410 e. The number of ether oxygens (including phenoxy) is 3. The first-order chi connectivity index (χ1) is 19.1. The third-order valence-corrected chi connectivity index (χ3v) is 9.28. The summed E-state index contributed by atoms with van der Waals surface area (Å²) < 4.78 is 17.3. The molecule has 6 heteroatoms. The number of amides is 1. The fourth-order valence-corrected chi connectivity index (χ4v) is 7.45. The summed E-state index contributed by atoms with van der Waals surface area (Å²) >= 11 is 0. The summed E-state index contributed by atoms with van der Waals surface area (Å²) in [5.74, 6) is 0.979. The van der Waals surface area contributed by atoms with Gasteiger partial charge >= 0.3 is 12.1 Å². The standard InChI is InChI=1S/C33H43NO5/c1-3-10-25(11-4-2)31(35)39-23-38-27-16-15-26-20-30-28-14-8-9-17-33(28,29(26)21-27)18-19-34(30)32(36)37-22-24-12-6-5-7-13-24/h5-7,12-13,15-16,21,25,28,30H,3-4,8-11,14,17-20,22-23H2,1-2H3/t28-,30+,33+/m0/s1. The Labute approximate surface area is 233 Å². The lowest BCUT2D eigenvalue weighted by atomic mass is 9.52. The molecule has 1 amide bonds. The Morgan fingerprint density at radius 1 is 1.00 bits per heavy atom. The number of carbonyl (C=O) groups is 2. The number of esters is 1. The van der Waals surface area contributed by atoms with Crippen molar-refractivity contribution in [2.24, 2.45) is 11.8 Å². The highest BCUT2D eigenvalue weighted by molar-refractivity contribution is 5.72. The van der Waals surface area contributed by atoms with Crippen LogP contribution in [0.3, 0.4) is 0 Å². The van der Waals surface area contributed by atoms with Crippen molar-refractivity contribution < 1.29 is 23.8 Å².